The molecule has 2 aliphatic heterocycles. The molecule has 2 saturated heterocycles. The predicted molar refractivity (Wildman–Crippen MR) is 230 cm³/mol. The lowest BCUT2D eigenvalue weighted by atomic mass is 9.79. The highest BCUT2D eigenvalue weighted by Crippen LogP contribution is 2.35. The Labute approximate surface area is 356 Å². The van der Waals surface area contributed by atoms with Crippen molar-refractivity contribution in [3.63, 3.8) is 0 Å². The summed E-state index contributed by atoms with van der Waals surface area (Å²) in [7, 11) is 3.40. The van der Waals surface area contributed by atoms with Crippen LogP contribution >= 0.6 is 24.8 Å². The number of nitrogens with zero attached hydrogens (tertiary/aromatic N) is 2. The normalized spacial score (nSPS) is 19.7. The molecule has 4 amide bonds. The molecule has 12 nitrogen and oxygen atoms in total. The number of rotatable bonds is 16. The molecular formula is C44H62Cl2N6O6. The van der Waals surface area contributed by atoms with E-state index in [4.69, 9.17) is 4.74 Å². The van der Waals surface area contributed by atoms with Crippen LogP contribution in [-0.2, 0) is 35.1 Å². The van der Waals surface area contributed by atoms with E-state index in [2.05, 4.69) is 45.2 Å². The maximum Gasteiger partial charge on any atom is 0.249 e. The van der Waals surface area contributed by atoms with Crippen LogP contribution in [0.2, 0.25) is 0 Å². The number of halogens is 2. The number of carbonyl (C=O) groups is 5. The van der Waals surface area contributed by atoms with Crippen molar-refractivity contribution in [3.8, 4) is 11.8 Å². The Morgan fingerprint density at radius 3 is 2.21 bits per heavy atom. The minimum absolute atomic E-state index is 0. The van der Waals surface area contributed by atoms with Gasteiger partial charge in [-0.2, -0.15) is 0 Å². The second-order valence-corrected chi connectivity index (χ2v) is 15.3. The molecule has 3 aliphatic rings. The Bertz CT molecular complexity index is 1760. The zero-order valence-corrected chi connectivity index (χ0v) is 36.1. The maximum absolute atomic E-state index is 14.2. The molecule has 0 bridgehead atoms. The van der Waals surface area contributed by atoms with Gasteiger partial charge in [0.2, 0.25) is 23.6 Å². The van der Waals surface area contributed by atoms with Gasteiger partial charge in [0.15, 0.2) is 5.78 Å². The first kappa shape index (κ1) is 48.4. The molecule has 0 saturated carbocycles. The molecule has 2 heterocycles. The second kappa shape index (κ2) is 23.6. The number of likely N-dealkylation sites (tertiary alicyclic amines) is 2. The van der Waals surface area contributed by atoms with Crippen LogP contribution < -0.4 is 21.3 Å². The Kier molecular flexibility index (Phi) is 19.7. The third kappa shape index (κ3) is 12.3. The lowest BCUT2D eigenvalue weighted by Crippen LogP contribution is -2.58. The van der Waals surface area contributed by atoms with Crippen LogP contribution in [0, 0.1) is 11.8 Å². The van der Waals surface area contributed by atoms with E-state index in [1.165, 1.54) is 11.1 Å². The fourth-order valence-electron chi connectivity index (χ4n) is 8.12. The minimum atomic E-state index is -1.02. The van der Waals surface area contributed by atoms with Gasteiger partial charge >= 0.3 is 0 Å². The van der Waals surface area contributed by atoms with Gasteiger partial charge in [-0.25, -0.2) is 0 Å². The van der Waals surface area contributed by atoms with Crippen LogP contribution in [0.3, 0.4) is 0 Å². The number of fused-ring (bicyclic) bond motifs is 1. The first-order chi connectivity index (χ1) is 27.1. The van der Waals surface area contributed by atoms with E-state index in [-0.39, 0.29) is 66.8 Å². The molecule has 0 aromatic heterocycles. The molecular weight excluding hydrogens is 779 g/mol. The monoisotopic (exact) mass is 840 g/mol. The van der Waals surface area contributed by atoms with Crippen LogP contribution in [0.4, 0.5) is 0 Å². The van der Waals surface area contributed by atoms with E-state index in [1.54, 1.807) is 62.0 Å². The molecule has 58 heavy (non-hydrogen) atoms. The van der Waals surface area contributed by atoms with Gasteiger partial charge in [0.1, 0.15) is 18.7 Å². The van der Waals surface area contributed by atoms with E-state index in [0.29, 0.717) is 56.4 Å². The van der Waals surface area contributed by atoms with E-state index < -0.39 is 36.3 Å². The smallest absolute Gasteiger partial charge is 0.249 e. The number of hydrogen-bond acceptors (Lipinski definition) is 8. The Hall–Kier alpha value is -3.99. The molecule has 318 valence electrons. The van der Waals surface area contributed by atoms with Gasteiger partial charge in [-0.3, -0.25) is 24.0 Å². The summed E-state index contributed by atoms with van der Waals surface area (Å²) in [6, 6.07) is 12.3. The second-order valence-electron chi connectivity index (χ2n) is 15.3. The number of aryl methyl sites for hydroxylation is 1. The van der Waals surface area contributed by atoms with Crippen molar-refractivity contribution in [2.24, 2.45) is 0 Å². The standard InChI is InChI=1S/C44H60N6O6.2ClH/c1-6-36(46-5)42(53)48-40(43(54)49-24-9-10-25-49)33-22-20-31(21-23-33)14-13-27-56-30(3)39(47-41(52)29(2)45-4)44(55)50-26-12-19-37(50)38(51)28-34-17-11-16-32-15-7-8-18-35(32)34;;/h7-8,15,18,20-23,29-30,34,36-37,39-40,45-46H,6,9-12,16-17,19,24-28H2,1-5H3,(H,47,52)(H,48,53);2*1H/t29-,30+,34-,36-,37-,39-,40-;;/m0../s1. The zero-order valence-electron chi connectivity index (χ0n) is 34.5. The van der Waals surface area contributed by atoms with Crippen molar-refractivity contribution in [2.75, 3.05) is 40.3 Å². The van der Waals surface area contributed by atoms with Crippen LogP contribution in [0.1, 0.15) is 106 Å². The molecule has 0 unspecified atom stereocenters. The summed E-state index contributed by atoms with van der Waals surface area (Å²) in [6.07, 6.45) is 6.46. The number of carbonyl (C=O) groups excluding carboxylic acids is 5. The largest absolute Gasteiger partial charge is 0.363 e. The van der Waals surface area contributed by atoms with Gasteiger partial charge < -0.3 is 35.8 Å². The number of likely N-dealkylation sites (N-methyl/N-ethyl adjacent to an activating group) is 2. The van der Waals surface area contributed by atoms with Crippen LogP contribution in [0.15, 0.2) is 48.5 Å². The summed E-state index contributed by atoms with van der Waals surface area (Å²) in [5.41, 5.74) is 3.90. The molecule has 7 atom stereocenters. The quantitative estimate of drug-likeness (QED) is 0.184. The SMILES string of the molecule is CC[C@H](NC)C(=O)N[C@H](C(=O)N1CCCC1)c1ccc(C#CCO[C@H](C)[C@H](NC(=O)[C@H](C)NC)C(=O)N2CCC[C@H]2C(=O)C[C@@H]2CCCc3ccccc32)cc1.Cl.Cl. The van der Waals surface area contributed by atoms with Crippen molar-refractivity contribution in [1.29, 1.82) is 0 Å². The summed E-state index contributed by atoms with van der Waals surface area (Å²) in [5.74, 6) is 5.28. The Morgan fingerprint density at radius 2 is 1.53 bits per heavy atom. The number of hydrogen-bond donors (Lipinski definition) is 4. The molecule has 0 spiro atoms. The molecule has 2 aromatic rings. The van der Waals surface area contributed by atoms with Crippen molar-refractivity contribution >= 4 is 54.2 Å². The minimum Gasteiger partial charge on any atom is -0.363 e. The molecule has 1 aliphatic carbocycles. The lowest BCUT2D eigenvalue weighted by Gasteiger charge is -2.33. The van der Waals surface area contributed by atoms with Gasteiger partial charge in [-0.05, 0) is 114 Å². The summed E-state index contributed by atoms with van der Waals surface area (Å²) in [5, 5.41) is 11.8. The third-order valence-electron chi connectivity index (χ3n) is 11.6. The van der Waals surface area contributed by atoms with Crippen molar-refractivity contribution in [1.82, 2.24) is 31.1 Å². The summed E-state index contributed by atoms with van der Waals surface area (Å²) in [6.45, 7) is 7.14. The van der Waals surface area contributed by atoms with Crippen molar-refractivity contribution in [2.45, 2.75) is 121 Å². The predicted octanol–water partition coefficient (Wildman–Crippen LogP) is 4.23. The summed E-state index contributed by atoms with van der Waals surface area (Å²) >= 11 is 0. The number of ether oxygens (including phenoxy) is 1. The molecule has 2 fully saturated rings. The third-order valence-corrected chi connectivity index (χ3v) is 11.6. The molecule has 14 heteroatoms. The van der Waals surface area contributed by atoms with Crippen LogP contribution in [0.5, 0.6) is 0 Å². The van der Waals surface area contributed by atoms with Gasteiger partial charge in [0, 0.05) is 31.6 Å². The number of benzene rings is 2. The topological polar surface area (TPSA) is 149 Å². The fraction of sp³-hybridized carbons (Fsp3) is 0.568. The first-order valence-corrected chi connectivity index (χ1v) is 20.4. The van der Waals surface area contributed by atoms with E-state index in [9.17, 15) is 24.0 Å². The van der Waals surface area contributed by atoms with E-state index >= 15 is 0 Å². The van der Waals surface area contributed by atoms with Gasteiger partial charge in [0.25, 0.3) is 0 Å². The summed E-state index contributed by atoms with van der Waals surface area (Å²) in [4.78, 5) is 71.1. The maximum atomic E-state index is 14.2. The molecule has 2 aromatic carbocycles. The van der Waals surface area contributed by atoms with E-state index in [0.717, 1.165) is 32.1 Å². The highest BCUT2D eigenvalue weighted by molar-refractivity contribution is 5.95. The zero-order chi connectivity index (χ0) is 40.2. The number of ketones is 1. The van der Waals surface area contributed by atoms with Crippen LogP contribution in [0.25, 0.3) is 0 Å². The summed E-state index contributed by atoms with van der Waals surface area (Å²) < 4.78 is 6.07. The van der Waals surface area contributed by atoms with Crippen LogP contribution in [-0.4, -0.2) is 110 Å². The molecule has 5 rings (SSSR count). The Morgan fingerprint density at radius 1 is 0.828 bits per heavy atom. The first-order valence-electron chi connectivity index (χ1n) is 20.4. The van der Waals surface area contributed by atoms with Gasteiger partial charge in [0.05, 0.1) is 24.2 Å². The average Bonchev–Trinajstić information content (AvgIpc) is 3.95. The molecule has 0 radical (unpaired) electrons. The highest BCUT2D eigenvalue weighted by Gasteiger charge is 2.41. The van der Waals surface area contributed by atoms with Crippen molar-refractivity contribution < 1.29 is 28.7 Å². The van der Waals surface area contributed by atoms with Crippen molar-refractivity contribution in [3.05, 3.63) is 70.8 Å². The van der Waals surface area contributed by atoms with Gasteiger partial charge in [-0.15, -0.1) is 24.8 Å². The number of amides is 4. The Balaban J connectivity index is 0.00000450. The highest BCUT2D eigenvalue weighted by atomic mass is 35.5. The number of Topliss-reactive ketones (excluding diaryl/α,β-unsaturated/α-hetero) is 1. The van der Waals surface area contributed by atoms with Gasteiger partial charge in [-0.1, -0.05) is 55.2 Å². The average molecular weight is 842 g/mol. The fourth-order valence-corrected chi connectivity index (χ4v) is 8.12. The van der Waals surface area contributed by atoms with E-state index in [1.807, 2.05) is 19.1 Å². The molecule has 4 N–H and O–H groups in total. The lowest BCUT2D eigenvalue weighted by molar-refractivity contribution is -0.144. The number of nitrogens with one attached hydrogen (secondary N) is 4.